The number of rotatable bonds is 7. The highest BCUT2D eigenvalue weighted by atomic mass is 16.5. The lowest BCUT2D eigenvalue weighted by Crippen LogP contribution is -2.40. The number of benzene rings is 2. The van der Waals surface area contributed by atoms with E-state index < -0.39 is 6.10 Å². The van der Waals surface area contributed by atoms with Crippen LogP contribution in [0.25, 0.3) is 0 Å². The molecule has 0 unspecified atom stereocenters. The second kappa shape index (κ2) is 9.27. The van der Waals surface area contributed by atoms with E-state index in [-0.39, 0.29) is 11.9 Å². The molecule has 1 aliphatic rings. The van der Waals surface area contributed by atoms with Gasteiger partial charge in [0.25, 0.3) is 5.91 Å². The van der Waals surface area contributed by atoms with Crippen LogP contribution in [0.3, 0.4) is 0 Å². The summed E-state index contributed by atoms with van der Waals surface area (Å²) in [5.41, 5.74) is 6.48. The number of carbonyl (C=O) groups excluding carboxylic acids is 1. The molecule has 0 heterocycles. The molecule has 3 nitrogen and oxygen atoms in total. The zero-order chi connectivity index (χ0) is 20.1. The maximum absolute atomic E-state index is 12.9. The smallest absolute Gasteiger partial charge is 0.261 e. The quantitative estimate of drug-likeness (QED) is 0.679. The minimum atomic E-state index is -0.470. The molecule has 0 aliphatic heterocycles. The summed E-state index contributed by atoms with van der Waals surface area (Å²) in [6.45, 7) is 8.32. The molecule has 0 spiro atoms. The number of aryl methyl sites for hydroxylation is 4. The van der Waals surface area contributed by atoms with Gasteiger partial charge in [0.05, 0.1) is 6.04 Å². The molecule has 0 aromatic heterocycles. The Morgan fingerprint density at radius 2 is 1.71 bits per heavy atom. The molecule has 0 saturated heterocycles. The zero-order valence-electron chi connectivity index (χ0n) is 17.7. The van der Waals surface area contributed by atoms with Gasteiger partial charge < -0.3 is 10.1 Å². The fraction of sp³-hybridized carbons (Fsp3) is 0.480. The fourth-order valence-electron chi connectivity index (χ4n) is 3.94. The standard InChI is InChI=1S/C25H33NO2/c1-5-23(21-12-11-17(3)18(4)15-21)26-25(27)24(6-2)28-22-14-13-19-9-7-8-10-20(19)16-22/h11-16,23-24H,5-10H2,1-4H3,(H,26,27)/t23-,24-/m1/s1. The van der Waals surface area contributed by atoms with Crippen molar-refractivity contribution < 1.29 is 9.53 Å². The van der Waals surface area contributed by atoms with Crippen LogP contribution < -0.4 is 10.1 Å². The van der Waals surface area contributed by atoms with Gasteiger partial charge >= 0.3 is 0 Å². The first kappa shape index (κ1) is 20.4. The maximum Gasteiger partial charge on any atom is 0.261 e. The Hall–Kier alpha value is -2.29. The molecule has 28 heavy (non-hydrogen) atoms. The molecule has 1 amide bonds. The highest BCUT2D eigenvalue weighted by Crippen LogP contribution is 2.26. The Labute approximate surface area is 169 Å². The predicted molar refractivity (Wildman–Crippen MR) is 115 cm³/mol. The summed E-state index contributed by atoms with van der Waals surface area (Å²) in [5, 5.41) is 3.20. The largest absolute Gasteiger partial charge is 0.481 e. The molecule has 2 atom stereocenters. The van der Waals surface area contributed by atoms with E-state index in [4.69, 9.17) is 4.74 Å². The van der Waals surface area contributed by atoms with E-state index in [9.17, 15) is 4.79 Å². The molecule has 2 aromatic rings. The third kappa shape index (κ3) is 4.76. The number of amides is 1. The van der Waals surface area contributed by atoms with Crippen molar-refractivity contribution in [1.82, 2.24) is 5.32 Å². The average Bonchev–Trinajstić information content (AvgIpc) is 2.72. The maximum atomic E-state index is 12.9. The SMILES string of the molecule is CC[C@@H](Oc1ccc2c(c1)CCCC2)C(=O)N[C@H](CC)c1ccc(C)c(C)c1. The Morgan fingerprint density at radius 3 is 2.39 bits per heavy atom. The van der Waals surface area contributed by atoms with Crippen LogP contribution in [-0.2, 0) is 17.6 Å². The van der Waals surface area contributed by atoms with Crippen molar-refractivity contribution >= 4 is 5.91 Å². The van der Waals surface area contributed by atoms with Crippen molar-refractivity contribution in [2.45, 2.75) is 78.4 Å². The lowest BCUT2D eigenvalue weighted by Gasteiger charge is -2.24. The molecule has 0 radical (unpaired) electrons. The molecule has 0 fully saturated rings. The molecule has 0 bridgehead atoms. The number of nitrogens with one attached hydrogen (secondary N) is 1. The van der Waals surface area contributed by atoms with Gasteiger partial charge in [-0.3, -0.25) is 4.79 Å². The summed E-state index contributed by atoms with van der Waals surface area (Å²) in [7, 11) is 0. The second-order valence-corrected chi connectivity index (χ2v) is 7.97. The summed E-state index contributed by atoms with van der Waals surface area (Å²) in [5.74, 6) is 0.771. The zero-order valence-corrected chi connectivity index (χ0v) is 17.7. The third-order valence-corrected chi connectivity index (χ3v) is 5.92. The number of fused-ring (bicyclic) bond motifs is 1. The monoisotopic (exact) mass is 379 g/mol. The predicted octanol–water partition coefficient (Wildman–Crippen LogP) is 5.61. The molecular formula is C25H33NO2. The molecule has 1 N–H and O–H groups in total. The highest BCUT2D eigenvalue weighted by Gasteiger charge is 2.22. The second-order valence-electron chi connectivity index (χ2n) is 7.97. The summed E-state index contributed by atoms with van der Waals surface area (Å²) in [4.78, 5) is 12.9. The van der Waals surface area contributed by atoms with E-state index in [1.165, 1.54) is 35.1 Å². The third-order valence-electron chi connectivity index (χ3n) is 5.92. The Balaban J connectivity index is 1.69. The van der Waals surface area contributed by atoms with E-state index in [1.54, 1.807) is 0 Å². The van der Waals surface area contributed by atoms with Crippen molar-refractivity contribution in [2.24, 2.45) is 0 Å². The van der Waals surface area contributed by atoms with Gasteiger partial charge in [-0.1, -0.05) is 38.1 Å². The topological polar surface area (TPSA) is 38.3 Å². The summed E-state index contributed by atoms with van der Waals surface area (Å²) < 4.78 is 6.10. The molecular weight excluding hydrogens is 346 g/mol. The lowest BCUT2D eigenvalue weighted by atomic mass is 9.92. The Bertz CT molecular complexity index is 827. The van der Waals surface area contributed by atoms with Crippen LogP contribution in [0.1, 0.15) is 73.4 Å². The summed E-state index contributed by atoms with van der Waals surface area (Å²) in [6.07, 6.45) is 5.80. The van der Waals surface area contributed by atoms with Crippen LogP contribution in [-0.4, -0.2) is 12.0 Å². The molecule has 3 heteroatoms. The van der Waals surface area contributed by atoms with Crippen LogP contribution >= 0.6 is 0 Å². The normalized spacial score (nSPS) is 15.4. The van der Waals surface area contributed by atoms with Crippen LogP contribution in [0.2, 0.25) is 0 Å². The number of hydrogen-bond donors (Lipinski definition) is 1. The Morgan fingerprint density at radius 1 is 0.964 bits per heavy atom. The highest BCUT2D eigenvalue weighted by molar-refractivity contribution is 5.81. The van der Waals surface area contributed by atoms with Gasteiger partial charge in [-0.05, 0) is 92.3 Å². The molecule has 150 valence electrons. The van der Waals surface area contributed by atoms with Gasteiger partial charge in [0.2, 0.25) is 0 Å². The van der Waals surface area contributed by atoms with Gasteiger partial charge in [0.1, 0.15) is 5.75 Å². The minimum absolute atomic E-state index is 0.00739. The van der Waals surface area contributed by atoms with E-state index in [2.05, 4.69) is 56.4 Å². The van der Waals surface area contributed by atoms with Crippen LogP contribution in [0.15, 0.2) is 36.4 Å². The van der Waals surface area contributed by atoms with Crippen molar-refractivity contribution in [2.75, 3.05) is 0 Å². The number of carbonyl (C=O) groups is 1. The van der Waals surface area contributed by atoms with Crippen molar-refractivity contribution in [3.63, 3.8) is 0 Å². The van der Waals surface area contributed by atoms with E-state index in [1.807, 2.05) is 13.0 Å². The number of hydrogen-bond acceptors (Lipinski definition) is 2. The van der Waals surface area contributed by atoms with Gasteiger partial charge in [-0.25, -0.2) is 0 Å². The first-order valence-electron chi connectivity index (χ1n) is 10.7. The summed E-state index contributed by atoms with van der Waals surface area (Å²) >= 11 is 0. The van der Waals surface area contributed by atoms with Gasteiger partial charge in [-0.15, -0.1) is 0 Å². The van der Waals surface area contributed by atoms with Crippen molar-refractivity contribution in [3.8, 4) is 5.75 Å². The van der Waals surface area contributed by atoms with Crippen molar-refractivity contribution in [1.29, 1.82) is 0 Å². The molecule has 2 aromatic carbocycles. The van der Waals surface area contributed by atoms with E-state index in [0.29, 0.717) is 6.42 Å². The van der Waals surface area contributed by atoms with Crippen LogP contribution in [0.5, 0.6) is 5.75 Å². The fourth-order valence-corrected chi connectivity index (χ4v) is 3.94. The number of ether oxygens (including phenoxy) is 1. The molecule has 1 aliphatic carbocycles. The van der Waals surface area contributed by atoms with Crippen LogP contribution in [0.4, 0.5) is 0 Å². The van der Waals surface area contributed by atoms with Gasteiger partial charge in [0.15, 0.2) is 6.10 Å². The first-order valence-corrected chi connectivity index (χ1v) is 10.7. The lowest BCUT2D eigenvalue weighted by molar-refractivity contribution is -0.128. The minimum Gasteiger partial charge on any atom is -0.481 e. The van der Waals surface area contributed by atoms with Gasteiger partial charge in [-0.2, -0.15) is 0 Å². The average molecular weight is 380 g/mol. The van der Waals surface area contributed by atoms with Crippen molar-refractivity contribution in [3.05, 3.63) is 64.2 Å². The first-order chi connectivity index (χ1) is 13.5. The molecule has 3 rings (SSSR count). The van der Waals surface area contributed by atoms with Gasteiger partial charge in [0, 0.05) is 0 Å². The Kier molecular flexibility index (Phi) is 6.77. The van der Waals surface area contributed by atoms with Crippen LogP contribution in [0, 0.1) is 13.8 Å². The van der Waals surface area contributed by atoms with E-state index in [0.717, 1.165) is 30.6 Å². The van der Waals surface area contributed by atoms with E-state index >= 15 is 0 Å². The molecule has 0 saturated carbocycles. The summed E-state index contributed by atoms with van der Waals surface area (Å²) in [6, 6.07) is 12.7.